The van der Waals surface area contributed by atoms with Crippen LogP contribution in [0, 0.1) is 0 Å². The molecular formula is C12H13BrN2O4. The number of aliphatic carboxylic acids is 1. The van der Waals surface area contributed by atoms with Crippen molar-refractivity contribution in [3.05, 3.63) is 28.5 Å². The second-order valence-electron chi connectivity index (χ2n) is 4.64. The molecule has 0 aromatic carbocycles. The number of rotatable bonds is 4. The Morgan fingerprint density at radius 1 is 1.58 bits per heavy atom. The third-order valence-corrected chi connectivity index (χ3v) is 3.50. The molecule has 1 fully saturated rings. The molecule has 0 saturated carbocycles. The van der Waals surface area contributed by atoms with Crippen molar-refractivity contribution >= 4 is 27.8 Å². The van der Waals surface area contributed by atoms with E-state index in [0.29, 0.717) is 23.3 Å². The van der Waals surface area contributed by atoms with Crippen LogP contribution in [0.15, 0.2) is 22.9 Å². The maximum atomic E-state index is 12.2. The summed E-state index contributed by atoms with van der Waals surface area (Å²) < 4.78 is 5.75. The van der Waals surface area contributed by atoms with Crippen molar-refractivity contribution in [2.45, 2.75) is 12.5 Å². The largest absolute Gasteiger partial charge is 0.480 e. The molecule has 1 aromatic rings. The number of carboxylic acid groups (broad SMARTS) is 1. The zero-order chi connectivity index (χ0) is 14.0. The second-order valence-corrected chi connectivity index (χ2v) is 5.39. The molecule has 1 aromatic heterocycles. The number of pyridine rings is 1. The number of carboxylic acids is 1. The maximum Gasteiger partial charge on any atom is 0.329 e. The number of likely N-dealkylation sites (tertiary alicyclic amines) is 1. The topological polar surface area (TPSA) is 79.7 Å². The van der Waals surface area contributed by atoms with Gasteiger partial charge < -0.3 is 14.7 Å². The lowest BCUT2D eigenvalue weighted by Crippen LogP contribution is -2.63. The van der Waals surface area contributed by atoms with Crippen LogP contribution in [0.1, 0.15) is 17.3 Å². The third kappa shape index (κ3) is 3.10. The molecule has 1 aliphatic rings. The lowest BCUT2D eigenvalue weighted by Gasteiger charge is -2.47. The lowest BCUT2D eigenvalue weighted by molar-refractivity contribution is -0.159. The van der Waals surface area contributed by atoms with E-state index in [-0.39, 0.29) is 12.5 Å². The van der Waals surface area contributed by atoms with Crippen molar-refractivity contribution in [2.75, 3.05) is 19.7 Å². The van der Waals surface area contributed by atoms with Crippen LogP contribution < -0.4 is 0 Å². The summed E-state index contributed by atoms with van der Waals surface area (Å²) in [5, 5.41) is 8.57. The maximum absolute atomic E-state index is 12.2. The highest BCUT2D eigenvalue weighted by Crippen LogP contribution is 2.27. The van der Waals surface area contributed by atoms with Crippen molar-refractivity contribution in [3.8, 4) is 0 Å². The molecule has 2 rings (SSSR count). The third-order valence-electron chi connectivity index (χ3n) is 2.87. The van der Waals surface area contributed by atoms with E-state index in [1.807, 2.05) is 0 Å². The van der Waals surface area contributed by atoms with Gasteiger partial charge in [-0.15, -0.1) is 0 Å². The van der Waals surface area contributed by atoms with Gasteiger partial charge in [-0.2, -0.15) is 0 Å². The average Bonchev–Trinajstić information content (AvgIpc) is 2.33. The van der Waals surface area contributed by atoms with E-state index in [9.17, 15) is 9.59 Å². The molecular weight excluding hydrogens is 316 g/mol. The molecule has 1 N–H and O–H groups in total. The van der Waals surface area contributed by atoms with Crippen LogP contribution in [-0.4, -0.2) is 52.2 Å². The van der Waals surface area contributed by atoms with Crippen LogP contribution in [0.25, 0.3) is 0 Å². The standard InChI is InChI=1S/C12H13BrN2O4/c1-12(19-5-9(16)17)6-15(7-12)11(18)8-3-2-4-14-10(8)13/h2-4H,5-7H2,1H3,(H,16,17). The van der Waals surface area contributed by atoms with Crippen molar-refractivity contribution in [1.29, 1.82) is 0 Å². The molecule has 6 nitrogen and oxygen atoms in total. The number of carbonyl (C=O) groups excluding carboxylic acids is 1. The number of aromatic nitrogens is 1. The summed E-state index contributed by atoms with van der Waals surface area (Å²) in [5.74, 6) is -1.16. The van der Waals surface area contributed by atoms with Crippen molar-refractivity contribution in [1.82, 2.24) is 9.88 Å². The molecule has 19 heavy (non-hydrogen) atoms. The molecule has 0 atom stereocenters. The van der Waals surface area contributed by atoms with Crippen molar-refractivity contribution < 1.29 is 19.4 Å². The number of nitrogens with zero attached hydrogens (tertiary/aromatic N) is 2. The van der Waals surface area contributed by atoms with Gasteiger partial charge >= 0.3 is 5.97 Å². The minimum absolute atomic E-state index is 0.142. The molecule has 1 aliphatic heterocycles. The van der Waals surface area contributed by atoms with Gasteiger partial charge in [0.05, 0.1) is 18.7 Å². The number of carbonyl (C=O) groups is 2. The summed E-state index contributed by atoms with van der Waals surface area (Å²) in [5.41, 5.74) is -0.0919. The minimum Gasteiger partial charge on any atom is -0.480 e. The molecule has 0 radical (unpaired) electrons. The molecule has 0 aliphatic carbocycles. The van der Waals surface area contributed by atoms with Gasteiger partial charge in [-0.25, -0.2) is 9.78 Å². The van der Waals surface area contributed by atoms with Gasteiger partial charge in [-0.05, 0) is 35.0 Å². The SMILES string of the molecule is CC1(OCC(=O)O)CN(C(=O)c2cccnc2Br)C1. The van der Waals surface area contributed by atoms with E-state index in [1.54, 1.807) is 30.2 Å². The highest BCUT2D eigenvalue weighted by molar-refractivity contribution is 9.10. The quantitative estimate of drug-likeness (QED) is 0.839. The predicted octanol–water partition coefficient (Wildman–Crippen LogP) is 1.16. The Kier molecular flexibility index (Phi) is 3.86. The summed E-state index contributed by atoms with van der Waals surface area (Å²) in [6, 6.07) is 3.38. The fourth-order valence-corrected chi connectivity index (χ4v) is 2.37. The first-order chi connectivity index (χ1) is 8.91. The second kappa shape index (κ2) is 5.26. The van der Waals surface area contributed by atoms with Crippen LogP contribution in [0.2, 0.25) is 0 Å². The zero-order valence-corrected chi connectivity index (χ0v) is 11.9. The van der Waals surface area contributed by atoms with Crippen molar-refractivity contribution in [2.24, 2.45) is 0 Å². The lowest BCUT2D eigenvalue weighted by atomic mass is 9.95. The van der Waals surface area contributed by atoms with E-state index in [4.69, 9.17) is 9.84 Å². The van der Waals surface area contributed by atoms with E-state index < -0.39 is 11.6 Å². The van der Waals surface area contributed by atoms with Crippen LogP contribution in [-0.2, 0) is 9.53 Å². The Morgan fingerprint density at radius 3 is 2.84 bits per heavy atom. The number of amides is 1. The van der Waals surface area contributed by atoms with E-state index in [1.165, 1.54) is 0 Å². The van der Waals surface area contributed by atoms with Crippen LogP contribution in [0.3, 0.4) is 0 Å². The normalized spacial score (nSPS) is 16.8. The predicted molar refractivity (Wildman–Crippen MR) is 69.8 cm³/mol. The number of hydrogen-bond donors (Lipinski definition) is 1. The molecule has 1 saturated heterocycles. The summed E-state index contributed by atoms with van der Waals surface area (Å²) in [6.07, 6.45) is 1.59. The van der Waals surface area contributed by atoms with Gasteiger partial charge in [-0.1, -0.05) is 0 Å². The molecule has 1 amide bonds. The molecule has 2 heterocycles. The van der Waals surface area contributed by atoms with E-state index in [2.05, 4.69) is 20.9 Å². The van der Waals surface area contributed by atoms with Gasteiger partial charge in [0.15, 0.2) is 0 Å². The highest BCUT2D eigenvalue weighted by Gasteiger charge is 2.43. The molecule has 0 spiro atoms. The Hall–Kier alpha value is -1.47. The smallest absolute Gasteiger partial charge is 0.329 e. The fraction of sp³-hybridized carbons (Fsp3) is 0.417. The average molecular weight is 329 g/mol. The monoisotopic (exact) mass is 328 g/mol. The minimum atomic E-state index is -1.01. The van der Waals surface area contributed by atoms with Crippen LogP contribution in [0.4, 0.5) is 0 Å². The first-order valence-corrected chi connectivity index (χ1v) is 6.46. The first kappa shape index (κ1) is 14.0. The van der Waals surface area contributed by atoms with Gasteiger partial charge in [-0.3, -0.25) is 4.79 Å². The van der Waals surface area contributed by atoms with Gasteiger partial charge in [0.1, 0.15) is 16.8 Å². The summed E-state index contributed by atoms with van der Waals surface area (Å²) in [6.45, 7) is 2.19. The number of ether oxygens (including phenoxy) is 1. The van der Waals surface area contributed by atoms with Crippen LogP contribution >= 0.6 is 15.9 Å². The van der Waals surface area contributed by atoms with Gasteiger partial charge in [0.25, 0.3) is 5.91 Å². The fourth-order valence-electron chi connectivity index (χ4n) is 1.95. The first-order valence-electron chi connectivity index (χ1n) is 5.67. The number of halogens is 1. The Balaban J connectivity index is 1.95. The zero-order valence-electron chi connectivity index (χ0n) is 10.3. The molecule has 0 unspecified atom stereocenters. The highest BCUT2D eigenvalue weighted by atomic mass is 79.9. The number of hydrogen-bond acceptors (Lipinski definition) is 4. The summed E-state index contributed by atoms with van der Waals surface area (Å²) >= 11 is 3.23. The van der Waals surface area contributed by atoms with E-state index in [0.717, 1.165) is 0 Å². The Labute approximate surface area is 118 Å². The van der Waals surface area contributed by atoms with Gasteiger partial charge in [0.2, 0.25) is 0 Å². The Bertz CT molecular complexity index is 514. The van der Waals surface area contributed by atoms with E-state index >= 15 is 0 Å². The summed E-state index contributed by atoms with van der Waals surface area (Å²) in [4.78, 5) is 28.2. The van der Waals surface area contributed by atoms with Crippen LogP contribution in [0.5, 0.6) is 0 Å². The van der Waals surface area contributed by atoms with Crippen molar-refractivity contribution in [3.63, 3.8) is 0 Å². The molecule has 0 bridgehead atoms. The summed E-state index contributed by atoms with van der Waals surface area (Å²) in [7, 11) is 0. The Morgan fingerprint density at radius 2 is 2.26 bits per heavy atom. The molecule has 7 heteroatoms. The molecule has 102 valence electrons. The van der Waals surface area contributed by atoms with Gasteiger partial charge in [0, 0.05) is 6.20 Å².